The number of aliphatic imine (C=N–C) groups is 1. The highest BCUT2D eigenvalue weighted by atomic mass is 32.1. The number of rotatable bonds is 4. The molecule has 2 rings (SSSR count). The van der Waals surface area contributed by atoms with Gasteiger partial charge in [0.15, 0.2) is 5.96 Å². The number of aromatic nitrogens is 1. The molecule has 2 heterocycles. The van der Waals surface area contributed by atoms with Crippen LogP contribution in [-0.4, -0.2) is 18.0 Å². The maximum atomic E-state index is 5.51. The van der Waals surface area contributed by atoms with Crippen molar-refractivity contribution in [2.45, 2.75) is 26.9 Å². The SMILES string of the molecule is CN=C(NCc1nc(C)c(C)o1)NCc1cccs1. The Labute approximate surface area is 116 Å². The van der Waals surface area contributed by atoms with Crippen molar-refractivity contribution in [2.24, 2.45) is 4.99 Å². The van der Waals surface area contributed by atoms with Crippen molar-refractivity contribution >= 4 is 17.3 Å². The van der Waals surface area contributed by atoms with E-state index in [1.165, 1.54) is 4.88 Å². The van der Waals surface area contributed by atoms with Crippen LogP contribution in [0.25, 0.3) is 0 Å². The third-order valence-electron chi connectivity index (χ3n) is 2.71. The lowest BCUT2D eigenvalue weighted by Crippen LogP contribution is -2.36. The van der Waals surface area contributed by atoms with E-state index in [0.29, 0.717) is 12.4 Å². The molecule has 0 aromatic carbocycles. The maximum Gasteiger partial charge on any atom is 0.214 e. The number of nitrogens with one attached hydrogen (secondary N) is 2. The van der Waals surface area contributed by atoms with Gasteiger partial charge in [0.2, 0.25) is 5.89 Å². The van der Waals surface area contributed by atoms with E-state index in [-0.39, 0.29) is 0 Å². The second-order valence-corrected chi connectivity index (χ2v) is 5.14. The molecule has 19 heavy (non-hydrogen) atoms. The van der Waals surface area contributed by atoms with Crippen molar-refractivity contribution in [1.82, 2.24) is 15.6 Å². The van der Waals surface area contributed by atoms with E-state index in [2.05, 4.69) is 32.1 Å². The van der Waals surface area contributed by atoms with Gasteiger partial charge in [-0.3, -0.25) is 4.99 Å². The van der Waals surface area contributed by atoms with Crippen molar-refractivity contribution in [2.75, 3.05) is 7.05 Å². The van der Waals surface area contributed by atoms with Crippen LogP contribution in [0, 0.1) is 13.8 Å². The second-order valence-electron chi connectivity index (χ2n) is 4.11. The monoisotopic (exact) mass is 278 g/mol. The molecule has 0 saturated heterocycles. The molecule has 2 aromatic rings. The Kier molecular flexibility index (Phi) is 4.57. The minimum absolute atomic E-state index is 0.527. The van der Waals surface area contributed by atoms with Crippen molar-refractivity contribution in [3.63, 3.8) is 0 Å². The average Bonchev–Trinajstić information content (AvgIpc) is 3.01. The predicted octanol–water partition coefficient (Wildman–Crippen LogP) is 2.22. The molecule has 0 unspecified atom stereocenters. The normalized spacial score (nSPS) is 11.6. The van der Waals surface area contributed by atoms with Crippen molar-refractivity contribution in [1.29, 1.82) is 0 Å². The Morgan fingerprint density at radius 3 is 2.74 bits per heavy atom. The van der Waals surface area contributed by atoms with E-state index in [1.54, 1.807) is 18.4 Å². The molecule has 5 nitrogen and oxygen atoms in total. The van der Waals surface area contributed by atoms with Crippen LogP contribution in [0.5, 0.6) is 0 Å². The van der Waals surface area contributed by atoms with Gasteiger partial charge in [-0.15, -0.1) is 11.3 Å². The number of nitrogens with zero attached hydrogens (tertiary/aromatic N) is 2. The zero-order valence-corrected chi connectivity index (χ0v) is 12.2. The van der Waals surface area contributed by atoms with E-state index in [0.717, 1.165) is 24.0 Å². The van der Waals surface area contributed by atoms with Crippen LogP contribution in [0.1, 0.15) is 22.2 Å². The average molecular weight is 278 g/mol. The summed E-state index contributed by atoms with van der Waals surface area (Å²) in [5.41, 5.74) is 0.929. The Hall–Kier alpha value is -1.82. The lowest BCUT2D eigenvalue weighted by Gasteiger charge is -2.09. The third kappa shape index (κ3) is 3.82. The molecule has 0 saturated carbocycles. The first kappa shape index (κ1) is 13.6. The lowest BCUT2D eigenvalue weighted by atomic mass is 10.4. The topological polar surface area (TPSA) is 62.5 Å². The van der Waals surface area contributed by atoms with Crippen LogP contribution in [0.2, 0.25) is 0 Å². The van der Waals surface area contributed by atoms with E-state index in [1.807, 2.05) is 19.9 Å². The minimum atomic E-state index is 0.527. The Bertz CT molecular complexity index is 525. The molecule has 6 heteroatoms. The highest BCUT2D eigenvalue weighted by Gasteiger charge is 2.06. The summed E-state index contributed by atoms with van der Waals surface area (Å²) in [6.07, 6.45) is 0. The Morgan fingerprint density at radius 1 is 1.37 bits per heavy atom. The third-order valence-corrected chi connectivity index (χ3v) is 3.59. The molecule has 0 radical (unpaired) electrons. The quantitative estimate of drug-likeness (QED) is 0.665. The first-order valence-corrected chi connectivity index (χ1v) is 6.97. The molecule has 0 aliphatic heterocycles. The van der Waals surface area contributed by atoms with Gasteiger partial charge in [0.1, 0.15) is 5.76 Å². The van der Waals surface area contributed by atoms with Crippen molar-refractivity contribution in [3.05, 3.63) is 39.7 Å². The molecule has 2 N–H and O–H groups in total. The van der Waals surface area contributed by atoms with Crippen LogP contribution in [0.15, 0.2) is 26.9 Å². The fourth-order valence-corrected chi connectivity index (χ4v) is 2.22. The number of thiophene rings is 1. The molecule has 0 bridgehead atoms. The number of hydrogen-bond donors (Lipinski definition) is 2. The number of oxazole rings is 1. The van der Waals surface area contributed by atoms with Gasteiger partial charge in [-0.1, -0.05) is 6.07 Å². The van der Waals surface area contributed by atoms with Crippen LogP contribution in [0.3, 0.4) is 0 Å². The molecule has 0 fully saturated rings. The Balaban J connectivity index is 1.82. The van der Waals surface area contributed by atoms with Gasteiger partial charge < -0.3 is 15.1 Å². The van der Waals surface area contributed by atoms with Gasteiger partial charge in [0.05, 0.1) is 18.8 Å². The van der Waals surface area contributed by atoms with E-state index >= 15 is 0 Å². The highest BCUT2D eigenvalue weighted by Crippen LogP contribution is 2.08. The summed E-state index contributed by atoms with van der Waals surface area (Å²) in [6, 6.07) is 4.13. The van der Waals surface area contributed by atoms with Crippen LogP contribution >= 0.6 is 11.3 Å². The number of guanidine groups is 1. The summed E-state index contributed by atoms with van der Waals surface area (Å²) < 4.78 is 5.51. The van der Waals surface area contributed by atoms with E-state index in [9.17, 15) is 0 Å². The fraction of sp³-hybridized carbons (Fsp3) is 0.385. The fourth-order valence-electron chi connectivity index (χ4n) is 1.58. The van der Waals surface area contributed by atoms with Crippen molar-refractivity contribution < 1.29 is 4.42 Å². The summed E-state index contributed by atoms with van der Waals surface area (Å²) in [5, 5.41) is 8.48. The summed E-state index contributed by atoms with van der Waals surface area (Å²) >= 11 is 1.72. The molecule has 0 spiro atoms. The van der Waals surface area contributed by atoms with Gasteiger partial charge in [-0.05, 0) is 25.3 Å². The minimum Gasteiger partial charge on any atom is -0.444 e. The van der Waals surface area contributed by atoms with Gasteiger partial charge in [0.25, 0.3) is 0 Å². The van der Waals surface area contributed by atoms with E-state index < -0.39 is 0 Å². The zero-order chi connectivity index (χ0) is 13.7. The maximum absolute atomic E-state index is 5.51. The summed E-state index contributed by atoms with van der Waals surface area (Å²) in [7, 11) is 1.75. The highest BCUT2D eigenvalue weighted by molar-refractivity contribution is 7.09. The summed E-state index contributed by atoms with van der Waals surface area (Å²) in [5.74, 6) is 2.27. The van der Waals surface area contributed by atoms with Crippen LogP contribution in [-0.2, 0) is 13.1 Å². The van der Waals surface area contributed by atoms with Crippen LogP contribution in [0.4, 0.5) is 0 Å². The molecule has 0 amide bonds. The molecular weight excluding hydrogens is 260 g/mol. The van der Waals surface area contributed by atoms with Gasteiger partial charge in [-0.2, -0.15) is 0 Å². The lowest BCUT2D eigenvalue weighted by molar-refractivity contribution is 0.463. The molecule has 2 aromatic heterocycles. The van der Waals surface area contributed by atoms with Crippen LogP contribution < -0.4 is 10.6 Å². The summed E-state index contributed by atoms with van der Waals surface area (Å²) in [6.45, 7) is 5.14. The predicted molar refractivity (Wildman–Crippen MR) is 77.3 cm³/mol. The number of hydrogen-bond acceptors (Lipinski definition) is 4. The molecule has 0 atom stereocenters. The Morgan fingerprint density at radius 2 is 2.16 bits per heavy atom. The van der Waals surface area contributed by atoms with Gasteiger partial charge >= 0.3 is 0 Å². The second kappa shape index (κ2) is 6.38. The molecule has 0 aliphatic carbocycles. The van der Waals surface area contributed by atoms with Crippen molar-refractivity contribution in [3.8, 4) is 0 Å². The molecule has 102 valence electrons. The smallest absolute Gasteiger partial charge is 0.214 e. The summed E-state index contributed by atoms with van der Waals surface area (Å²) in [4.78, 5) is 9.75. The first-order valence-electron chi connectivity index (χ1n) is 6.09. The molecular formula is C13H18N4OS. The zero-order valence-electron chi connectivity index (χ0n) is 11.4. The molecule has 0 aliphatic rings. The van der Waals surface area contributed by atoms with Gasteiger partial charge in [0, 0.05) is 11.9 Å². The van der Waals surface area contributed by atoms with Gasteiger partial charge in [-0.25, -0.2) is 4.98 Å². The standard InChI is InChI=1S/C13H18N4OS/c1-9-10(2)18-12(17-9)8-16-13(14-3)15-7-11-5-4-6-19-11/h4-6H,7-8H2,1-3H3,(H2,14,15,16). The van der Waals surface area contributed by atoms with E-state index in [4.69, 9.17) is 4.42 Å². The first-order chi connectivity index (χ1) is 9.19. The largest absolute Gasteiger partial charge is 0.444 e. The number of aryl methyl sites for hydroxylation is 2.